The summed E-state index contributed by atoms with van der Waals surface area (Å²) < 4.78 is 0. The fourth-order valence-corrected chi connectivity index (χ4v) is 3.07. The molecule has 3 N–H and O–H groups in total. The monoisotopic (exact) mass is 267 g/mol. The molecule has 0 radical (unpaired) electrons. The van der Waals surface area contributed by atoms with Crippen molar-refractivity contribution in [2.75, 3.05) is 19.6 Å². The molecule has 4 nitrogen and oxygen atoms in total. The van der Waals surface area contributed by atoms with Crippen LogP contribution in [0.5, 0.6) is 0 Å². The average molecular weight is 267 g/mol. The third-order valence-corrected chi connectivity index (χ3v) is 4.71. The van der Waals surface area contributed by atoms with Crippen LogP contribution in [0.1, 0.15) is 25.3 Å². The van der Waals surface area contributed by atoms with Gasteiger partial charge in [0.2, 0.25) is 0 Å². The molecule has 2 heterocycles. The minimum Gasteiger partial charge on any atom is -0.409 e. The first kappa shape index (κ1) is 13.4. The second-order valence-corrected chi connectivity index (χ2v) is 6.05. The molecule has 1 aromatic rings. The molecule has 1 fully saturated rings. The fraction of sp³-hybridized carbons (Fsp3) is 0.615. The van der Waals surface area contributed by atoms with Crippen molar-refractivity contribution >= 4 is 17.2 Å². The predicted molar refractivity (Wildman–Crippen MR) is 75.2 cm³/mol. The topological polar surface area (TPSA) is 61.9 Å². The molecule has 100 valence electrons. The molecule has 0 aliphatic carbocycles. The lowest BCUT2D eigenvalue weighted by Gasteiger charge is -2.38. The van der Waals surface area contributed by atoms with E-state index in [0.29, 0.717) is 5.84 Å². The highest BCUT2D eigenvalue weighted by Crippen LogP contribution is 2.31. The summed E-state index contributed by atoms with van der Waals surface area (Å²) in [5.74, 6) is 0.375. The van der Waals surface area contributed by atoms with Gasteiger partial charge in [0.25, 0.3) is 0 Å². The minimum absolute atomic E-state index is 0.131. The zero-order valence-corrected chi connectivity index (χ0v) is 11.6. The molecule has 0 atom stereocenters. The maximum atomic E-state index is 8.80. The number of oxime groups is 1. The van der Waals surface area contributed by atoms with Crippen LogP contribution in [0.4, 0.5) is 0 Å². The van der Waals surface area contributed by atoms with E-state index in [2.05, 4.69) is 33.8 Å². The summed E-state index contributed by atoms with van der Waals surface area (Å²) in [6.45, 7) is 5.23. The first-order valence-corrected chi connectivity index (χ1v) is 7.30. The van der Waals surface area contributed by atoms with Gasteiger partial charge in [-0.05, 0) is 54.7 Å². The Kier molecular flexibility index (Phi) is 4.24. The minimum atomic E-state index is -0.131. The van der Waals surface area contributed by atoms with Gasteiger partial charge in [0.1, 0.15) is 5.84 Å². The van der Waals surface area contributed by atoms with E-state index in [9.17, 15) is 0 Å². The Balaban J connectivity index is 1.80. The number of nitrogens with zero attached hydrogens (tertiary/aromatic N) is 2. The van der Waals surface area contributed by atoms with Gasteiger partial charge in [-0.15, -0.1) is 0 Å². The summed E-state index contributed by atoms with van der Waals surface area (Å²) >= 11 is 1.75. The molecule has 0 spiro atoms. The number of hydrogen-bond donors (Lipinski definition) is 2. The van der Waals surface area contributed by atoms with Gasteiger partial charge < -0.3 is 15.8 Å². The molecule has 0 aromatic carbocycles. The Hall–Kier alpha value is -1.07. The van der Waals surface area contributed by atoms with Crippen LogP contribution in [0.2, 0.25) is 0 Å². The van der Waals surface area contributed by atoms with Crippen molar-refractivity contribution in [3.05, 3.63) is 22.4 Å². The number of nitrogens with two attached hydrogens (primary N) is 1. The summed E-state index contributed by atoms with van der Waals surface area (Å²) in [4.78, 5) is 2.46. The van der Waals surface area contributed by atoms with E-state index in [1.807, 2.05) is 0 Å². The summed E-state index contributed by atoms with van der Waals surface area (Å²) in [6, 6.07) is 2.19. The molecule has 0 amide bonds. The molecule has 0 unspecified atom stereocenters. The Bertz CT molecular complexity index is 394. The maximum absolute atomic E-state index is 8.80. The highest BCUT2D eigenvalue weighted by atomic mass is 32.1. The molecule has 0 saturated carbocycles. The van der Waals surface area contributed by atoms with Crippen molar-refractivity contribution in [2.24, 2.45) is 16.3 Å². The molecule has 18 heavy (non-hydrogen) atoms. The summed E-state index contributed by atoms with van der Waals surface area (Å²) in [6.07, 6.45) is 3.04. The van der Waals surface area contributed by atoms with Crippen molar-refractivity contribution in [1.29, 1.82) is 0 Å². The summed E-state index contributed by atoms with van der Waals surface area (Å²) in [5.41, 5.74) is 7.05. The molecular formula is C13H21N3OS. The first-order chi connectivity index (χ1) is 8.64. The zero-order valence-electron chi connectivity index (χ0n) is 10.8. The highest BCUT2D eigenvalue weighted by molar-refractivity contribution is 7.07. The molecule has 0 bridgehead atoms. The lowest BCUT2D eigenvalue weighted by atomic mass is 9.79. The van der Waals surface area contributed by atoms with Crippen LogP contribution in [-0.4, -0.2) is 35.6 Å². The van der Waals surface area contributed by atoms with Gasteiger partial charge in [0.15, 0.2) is 0 Å². The van der Waals surface area contributed by atoms with Crippen molar-refractivity contribution in [3.8, 4) is 0 Å². The van der Waals surface area contributed by atoms with Gasteiger partial charge in [-0.25, -0.2) is 0 Å². The standard InChI is InChI=1S/C13H21N3OS/c1-13(12(14)15-17)4-7-16(8-5-13)6-2-11-3-9-18-10-11/h3,9-10,17H,2,4-8H2,1H3,(H2,14,15). The predicted octanol–water partition coefficient (Wildman–Crippen LogP) is 2.14. The van der Waals surface area contributed by atoms with Crippen LogP contribution in [0.25, 0.3) is 0 Å². The number of thiophene rings is 1. The van der Waals surface area contributed by atoms with Crippen LogP contribution < -0.4 is 5.73 Å². The first-order valence-electron chi connectivity index (χ1n) is 6.35. The van der Waals surface area contributed by atoms with Crippen molar-refractivity contribution < 1.29 is 5.21 Å². The molecule has 2 rings (SSSR count). The van der Waals surface area contributed by atoms with Crippen LogP contribution in [-0.2, 0) is 6.42 Å². The number of likely N-dealkylation sites (tertiary alicyclic amines) is 1. The summed E-state index contributed by atoms with van der Waals surface area (Å²) in [5, 5.41) is 16.3. The van der Waals surface area contributed by atoms with Crippen molar-refractivity contribution in [1.82, 2.24) is 4.90 Å². The molecule has 1 saturated heterocycles. The van der Waals surface area contributed by atoms with E-state index in [0.717, 1.165) is 38.9 Å². The van der Waals surface area contributed by atoms with Crippen LogP contribution >= 0.6 is 11.3 Å². The number of rotatable bonds is 4. The van der Waals surface area contributed by atoms with E-state index in [4.69, 9.17) is 10.9 Å². The van der Waals surface area contributed by atoms with Gasteiger partial charge in [-0.1, -0.05) is 12.1 Å². The van der Waals surface area contributed by atoms with Crippen molar-refractivity contribution in [2.45, 2.75) is 26.2 Å². The molecule has 1 aliphatic heterocycles. The third-order valence-electron chi connectivity index (χ3n) is 3.98. The molecule has 5 heteroatoms. The van der Waals surface area contributed by atoms with Gasteiger partial charge in [-0.2, -0.15) is 11.3 Å². The Morgan fingerprint density at radius 3 is 2.83 bits per heavy atom. The molecule has 1 aromatic heterocycles. The Labute approximate surface area is 112 Å². The van der Waals surface area contributed by atoms with E-state index in [-0.39, 0.29) is 5.41 Å². The lowest BCUT2D eigenvalue weighted by molar-refractivity contribution is 0.160. The SMILES string of the molecule is CC1(/C(N)=N/O)CCN(CCc2ccsc2)CC1. The van der Waals surface area contributed by atoms with Gasteiger partial charge in [0.05, 0.1) is 0 Å². The molecule has 1 aliphatic rings. The van der Waals surface area contributed by atoms with Crippen LogP contribution in [0, 0.1) is 5.41 Å². The van der Waals surface area contributed by atoms with Gasteiger partial charge in [0, 0.05) is 12.0 Å². The normalized spacial score (nSPS) is 21.1. The maximum Gasteiger partial charge on any atom is 0.145 e. The number of piperidine rings is 1. The van der Waals surface area contributed by atoms with Gasteiger partial charge >= 0.3 is 0 Å². The van der Waals surface area contributed by atoms with Crippen molar-refractivity contribution in [3.63, 3.8) is 0 Å². The third kappa shape index (κ3) is 3.03. The van der Waals surface area contributed by atoms with Crippen LogP contribution in [0.15, 0.2) is 22.0 Å². The zero-order chi connectivity index (χ0) is 13.0. The Morgan fingerprint density at radius 1 is 1.56 bits per heavy atom. The van der Waals surface area contributed by atoms with E-state index in [1.54, 1.807) is 11.3 Å². The average Bonchev–Trinajstić information content (AvgIpc) is 2.90. The Morgan fingerprint density at radius 2 is 2.28 bits per heavy atom. The second kappa shape index (κ2) is 5.71. The highest BCUT2D eigenvalue weighted by Gasteiger charge is 2.33. The van der Waals surface area contributed by atoms with Crippen LogP contribution in [0.3, 0.4) is 0 Å². The molecular weight excluding hydrogens is 246 g/mol. The quantitative estimate of drug-likeness (QED) is 0.380. The smallest absolute Gasteiger partial charge is 0.145 e. The number of hydrogen-bond acceptors (Lipinski definition) is 4. The summed E-state index contributed by atoms with van der Waals surface area (Å²) in [7, 11) is 0. The largest absolute Gasteiger partial charge is 0.409 e. The van der Waals surface area contributed by atoms with E-state index in [1.165, 1.54) is 5.56 Å². The lowest BCUT2D eigenvalue weighted by Crippen LogP contribution is -2.46. The van der Waals surface area contributed by atoms with E-state index >= 15 is 0 Å². The van der Waals surface area contributed by atoms with E-state index < -0.39 is 0 Å². The fourth-order valence-electron chi connectivity index (χ4n) is 2.37. The second-order valence-electron chi connectivity index (χ2n) is 5.27. The van der Waals surface area contributed by atoms with Gasteiger partial charge in [-0.3, -0.25) is 0 Å². The number of amidine groups is 1.